The topological polar surface area (TPSA) is 27.3 Å². The molecule has 4 saturated heterocycles. The predicted molar refractivity (Wildman–Crippen MR) is 94.5 cm³/mol. The predicted octanol–water partition coefficient (Wildman–Crippen LogP) is 2.76. The Balaban J connectivity index is 1.50. The Hall–Kier alpha value is -0.120. The lowest BCUT2D eigenvalue weighted by atomic mass is 9.52. The highest BCUT2D eigenvalue weighted by molar-refractivity contribution is 5.14. The molecule has 5 rings (SSSR count). The van der Waals surface area contributed by atoms with Gasteiger partial charge in [0.1, 0.15) is 0 Å². The van der Waals surface area contributed by atoms with Crippen LogP contribution in [0.1, 0.15) is 64.2 Å². The van der Waals surface area contributed by atoms with Crippen LogP contribution in [0.4, 0.5) is 0 Å². The zero-order valence-corrected chi connectivity index (χ0v) is 14.7. The summed E-state index contributed by atoms with van der Waals surface area (Å²) in [6.07, 6.45) is 14.6. The second-order valence-electron chi connectivity index (χ2n) is 9.30. The minimum Gasteiger partial charge on any atom is -0.313 e. The Kier molecular flexibility index (Phi) is 3.95. The van der Waals surface area contributed by atoms with Crippen molar-refractivity contribution in [3.8, 4) is 0 Å². The van der Waals surface area contributed by atoms with E-state index >= 15 is 0 Å². The number of nitrogens with zero attached hydrogens (tertiary/aromatic N) is 1. The number of hydrogen-bond acceptors (Lipinski definition) is 3. The average Bonchev–Trinajstić information content (AvgIpc) is 2.63. The van der Waals surface area contributed by atoms with Crippen molar-refractivity contribution in [2.24, 2.45) is 17.3 Å². The minimum absolute atomic E-state index is 0.530. The molecule has 3 nitrogen and oxygen atoms in total. The van der Waals surface area contributed by atoms with Crippen LogP contribution in [0.3, 0.4) is 0 Å². The van der Waals surface area contributed by atoms with Crippen molar-refractivity contribution in [3.63, 3.8) is 0 Å². The smallest absolute Gasteiger partial charge is 0.0179 e. The van der Waals surface area contributed by atoms with Crippen molar-refractivity contribution < 1.29 is 0 Å². The summed E-state index contributed by atoms with van der Waals surface area (Å²) >= 11 is 0. The standard InChI is InChI=1S/C20H35N3/c1-3-9-21-18(8-1)20-13-16(12-15-6-5-10-22-19(15)20)17-7-2-4-11-23(17)14-20/h15-19,21-22H,1-14H2/t15-,16-,17+,18+,19+,20+/m0/s1. The fraction of sp³-hybridized carbons (Fsp3) is 1.00. The molecule has 2 N–H and O–H groups in total. The van der Waals surface area contributed by atoms with Gasteiger partial charge in [-0.3, -0.25) is 4.90 Å². The molecular formula is C20H35N3. The molecule has 5 aliphatic rings. The SMILES string of the molecule is C1CC[C@H]([C@]23C[C@H](C[C@@H]4CCCN[C@H]42)[C@H]2CCCCN2C3)NC1. The zero-order chi connectivity index (χ0) is 15.3. The molecule has 4 aliphatic heterocycles. The first kappa shape index (κ1) is 15.2. The summed E-state index contributed by atoms with van der Waals surface area (Å²) in [4.78, 5) is 2.94. The molecule has 0 spiro atoms. The molecule has 6 atom stereocenters. The Morgan fingerprint density at radius 2 is 1.74 bits per heavy atom. The molecule has 0 aromatic heterocycles. The molecular weight excluding hydrogens is 282 g/mol. The van der Waals surface area contributed by atoms with Crippen LogP contribution in [0.25, 0.3) is 0 Å². The number of hydrogen-bond donors (Lipinski definition) is 2. The van der Waals surface area contributed by atoms with Gasteiger partial charge in [-0.1, -0.05) is 12.8 Å². The van der Waals surface area contributed by atoms with Gasteiger partial charge in [-0.05, 0) is 82.8 Å². The Morgan fingerprint density at radius 3 is 2.65 bits per heavy atom. The molecule has 4 heterocycles. The van der Waals surface area contributed by atoms with Gasteiger partial charge in [-0.15, -0.1) is 0 Å². The summed E-state index contributed by atoms with van der Waals surface area (Å²) < 4.78 is 0. The molecule has 0 amide bonds. The van der Waals surface area contributed by atoms with E-state index in [-0.39, 0.29) is 0 Å². The summed E-state index contributed by atoms with van der Waals surface area (Å²) in [5, 5.41) is 8.04. The van der Waals surface area contributed by atoms with E-state index in [1.54, 1.807) is 0 Å². The van der Waals surface area contributed by atoms with Gasteiger partial charge < -0.3 is 10.6 Å². The molecule has 3 heteroatoms. The Morgan fingerprint density at radius 1 is 0.826 bits per heavy atom. The lowest BCUT2D eigenvalue weighted by Crippen LogP contribution is -2.72. The minimum atomic E-state index is 0.530. The molecule has 5 fully saturated rings. The molecule has 23 heavy (non-hydrogen) atoms. The summed E-state index contributed by atoms with van der Waals surface area (Å²) in [6, 6.07) is 2.51. The van der Waals surface area contributed by atoms with Crippen LogP contribution in [0.15, 0.2) is 0 Å². The van der Waals surface area contributed by atoms with E-state index in [0.29, 0.717) is 5.41 Å². The molecule has 0 unspecified atom stereocenters. The lowest BCUT2D eigenvalue weighted by Gasteiger charge is -2.64. The number of nitrogens with one attached hydrogen (secondary N) is 2. The van der Waals surface area contributed by atoms with Gasteiger partial charge in [0, 0.05) is 30.1 Å². The highest BCUT2D eigenvalue weighted by Crippen LogP contribution is 2.55. The van der Waals surface area contributed by atoms with Gasteiger partial charge in [0.2, 0.25) is 0 Å². The maximum Gasteiger partial charge on any atom is 0.0179 e. The molecule has 130 valence electrons. The molecule has 1 aliphatic carbocycles. The van der Waals surface area contributed by atoms with Gasteiger partial charge in [0.25, 0.3) is 0 Å². The van der Waals surface area contributed by atoms with Crippen LogP contribution < -0.4 is 10.6 Å². The van der Waals surface area contributed by atoms with E-state index in [0.717, 1.165) is 30.0 Å². The summed E-state index contributed by atoms with van der Waals surface area (Å²) in [5.41, 5.74) is 0.530. The summed E-state index contributed by atoms with van der Waals surface area (Å²) in [5.74, 6) is 1.96. The van der Waals surface area contributed by atoms with E-state index in [1.165, 1.54) is 90.4 Å². The quantitative estimate of drug-likeness (QED) is 0.779. The highest BCUT2D eigenvalue weighted by atomic mass is 15.2. The number of fused-ring (bicyclic) bond motifs is 6. The lowest BCUT2D eigenvalue weighted by molar-refractivity contribution is -0.117. The first-order chi connectivity index (χ1) is 11.4. The van der Waals surface area contributed by atoms with Crippen LogP contribution >= 0.6 is 0 Å². The third-order valence-corrected chi connectivity index (χ3v) is 8.16. The normalized spacial score (nSPS) is 50.9. The van der Waals surface area contributed by atoms with E-state index in [9.17, 15) is 0 Å². The third-order valence-electron chi connectivity index (χ3n) is 8.16. The second kappa shape index (κ2) is 6.00. The van der Waals surface area contributed by atoms with Gasteiger partial charge >= 0.3 is 0 Å². The first-order valence-corrected chi connectivity index (χ1v) is 10.6. The fourth-order valence-corrected chi connectivity index (χ4v) is 7.36. The molecule has 0 radical (unpaired) electrons. The van der Waals surface area contributed by atoms with Gasteiger partial charge in [-0.2, -0.15) is 0 Å². The maximum absolute atomic E-state index is 4.04. The Labute approximate surface area is 142 Å². The first-order valence-electron chi connectivity index (χ1n) is 10.6. The molecule has 2 bridgehead atoms. The van der Waals surface area contributed by atoms with E-state index < -0.39 is 0 Å². The van der Waals surface area contributed by atoms with Crippen LogP contribution in [0, 0.1) is 17.3 Å². The maximum atomic E-state index is 4.04. The third kappa shape index (κ3) is 2.41. The number of rotatable bonds is 1. The summed E-state index contributed by atoms with van der Waals surface area (Å²) in [6.45, 7) is 5.30. The van der Waals surface area contributed by atoms with Crippen molar-refractivity contribution in [2.45, 2.75) is 82.3 Å². The van der Waals surface area contributed by atoms with Crippen molar-refractivity contribution in [1.29, 1.82) is 0 Å². The van der Waals surface area contributed by atoms with E-state index in [1.807, 2.05) is 0 Å². The monoisotopic (exact) mass is 317 g/mol. The van der Waals surface area contributed by atoms with Crippen molar-refractivity contribution >= 4 is 0 Å². The van der Waals surface area contributed by atoms with Gasteiger partial charge in [0.15, 0.2) is 0 Å². The zero-order valence-electron chi connectivity index (χ0n) is 14.7. The molecule has 0 aromatic carbocycles. The van der Waals surface area contributed by atoms with Gasteiger partial charge in [-0.25, -0.2) is 0 Å². The van der Waals surface area contributed by atoms with Crippen LogP contribution in [0.5, 0.6) is 0 Å². The Bertz CT molecular complexity index is 431. The molecule has 0 aromatic rings. The largest absolute Gasteiger partial charge is 0.313 e. The highest BCUT2D eigenvalue weighted by Gasteiger charge is 2.58. The molecule has 1 saturated carbocycles. The van der Waals surface area contributed by atoms with Crippen LogP contribution in [-0.4, -0.2) is 49.2 Å². The van der Waals surface area contributed by atoms with E-state index in [4.69, 9.17) is 0 Å². The second-order valence-corrected chi connectivity index (χ2v) is 9.30. The number of piperidine rings is 4. The van der Waals surface area contributed by atoms with Crippen molar-refractivity contribution in [2.75, 3.05) is 26.2 Å². The van der Waals surface area contributed by atoms with Crippen molar-refractivity contribution in [3.05, 3.63) is 0 Å². The van der Waals surface area contributed by atoms with Crippen molar-refractivity contribution in [1.82, 2.24) is 15.5 Å². The van der Waals surface area contributed by atoms with Crippen LogP contribution in [-0.2, 0) is 0 Å². The summed E-state index contributed by atoms with van der Waals surface area (Å²) in [7, 11) is 0. The van der Waals surface area contributed by atoms with Gasteiger partial charge in [0.05, 0.1) is 0 Å². The van der Waals surface area contributed by atoms with Crippen LogP contribution in [0.2, 0.25) is 0 Å². The van der Waals surface area contributed by atoms with E-state index in [2.05, 4.69) is 15.5 Å². The fourth-order valence-electron chi connectivity index (χ4n) is 7.36. The average molecular weight is 318 g/mol.